The summed E-state index contributed by atoms with van der Waals surface area (Å²) >= 11 is 0. The Balaban J connectivity index is 2.67. The molecule has 0 heterocycles. The Morgan fingerprint density at radius 3 is 2.90 bits per heavy atom. The van der Waals surface area contributed by atoms with Crippen LogP contribution >= 0.6 is 0 Å². The molecule has 1 aromatic rings. The van der Waals surface area contributed by atoms with E-state index >= 15 is 0 Å². The van der Waals surface area contributed by atoms with Crippen molar-refractivity contribution in [2.75, 3.05) is 13.7 Å². The van der Waals surface area contributed by atoms with Crippen LogP contribution in [0.2, 0.25) is 0 Å². The number of nitriles is 1. The molecule has 20 heavy (non-hydrogen) atoms. The molecule has 0 aromatic heterocycles. The van der Waals surface area contributed by atoms with Crippen molar-refractivity contribution in [2.45, 2.75) is 6.04 Å². The Kier molecular flexibility index (Phi) is 5.94. The van der Waals surface area contributed by atoms with E-state index in [1.165, 1.54) is 19.3 Å². The zero-order chi connectivity index (χ0) is 15.0. The molecule has 0 aliphatic heterocycles. The average Bonchev–Trinajstić information content (AvgIpc) is 2.44. The molecule has 0 saturated heterocycles. The van der Waals surface area contributed by atoms with E-state index in [1.54, 1.807) is 24.3 Å². The minimum Gasteiger partial charge on any atom is -0.480 e. The number of nitrogens with one attached hydrogen (secondary N) is 1. The van der Waals surface area contributed by atoms with Crippen molar-refractivity contribution in [2.24, 2.45) is 0 Å². The van der Waals surface area contributed by atoms with Gasteiger partial charge in [-0.3, -0.25) is 4.79 Å². The number of hydrogen-bond donors (Lipinski definition) is 2. The van der Waals surface area contributed by atoms with Crippen molar-refractivity contribution in [3.8, 4) is 6.07 Å². The van der Waals surface area contributed by atoms with E-state index in [2.05, 4.69) is 5.32 Å². The number of ether oxygens (including phenoxy) is 1. The Morgan fingerprint density at radius 2 is 2.30 bits per heavy atom. The van der Waals surface area contributed by atoms with Crippen molar-refractivity contribution in [3.63, 3.8) is 0 Å². The summed E-state index contributed by atoms with van der Waals surface area (Å²) in [4.78, 5) is 22.4. The number of nitrogens with zero attached hydrogens (tertiary/aromatic N) is 1. The topological polar surface area (TPSA) is 99.4 Å². The third-order valence-corrected chi connectivity index (χ3v) is 2.39. The first kappa shape index (κ1) is 15.4. The molecule has 0 spiro atoms. The molecular formula is C14H14N2O4. The van der Waals surface area contributed by atoms with Gasteiger partial charge in [0.25, 0.3) is 0 Å². The number of carbonyl (C=O) groups excluding carboxylic acids is 1. The van der Waals surface area contributed by atoms with Crippen molar-refractivity contribution in [1.82, 2.24) is 5.32 Å². The number of aliphatic carboxylic acids is 1. The number of carboxylic acid groups (broad SMARTS) is 1. The van der Waals surface area contributed by atoms with Crippen LogP contribution in [0.1, 0.15) is 11.1 Å². The van der Waals surface area contributed by atoms with E-state index in [-0.39, 0.29) is 6.61 Å². The predicted octanol–water partition coefficient (Wildman–Crippen LogP) is 0.787. The summed E-state index contributed by atoms with van der Waals surface area (Å²) < 4.78 is 4.70. The SMILES string of the molecule is COCC(NC(=O)/C=C/c1cccc(C#N)c1)C(=O)O. The van der Waals surface area contributed by atoms with E-state index in [4.69, 9.17) is 15.1 Å². The van der Waals surface area contributed by atoms with E-state index in [0.717, 1.165) is 0 Å². The highest BCUT2D eigenvalue weighted by atomic mass is 16.5. The average molecular weight is 274 g/mol. The van der Waals surface area contributed by atoms with Gasteiger partial charge in [0.05, 0.1) is 18.2 Å². The molecule has 0 saturated carbocycles. The van der Waals surface area contributed by atoms with Crippen molar-refractivity contribution < 1.29 is 19.4 Å². The fourth-order valence-electron chi connectivity index (χ4n) is 1.44. The molecule has 1 amide bonds. The van der Waals surface area contributed by atoms with Crippen LogP contribution in [0.25, 0.3) is 6.08 Å². The molecule has 0 fully saturated rings. The normalized spacial score (nSPS) is 11.8. The summed E-state index contributed by atoms with van der Waals surface area (Å²) in [7, 11) is 1.35. The summed E-state index contributed by atoms with van der Waals surface area (Å²) in [5, 5.41) is 19.9. The first-order chi connectivity index (χ1) is 9.56. The summed E-state index contributed by atoms with van der Waals surface area (Å²) in [5.74, 6) is -1.71. The van der Waals surface area contributed by atoms with Crippen LogP contribution in [0.3, 0.4) is 0 Å². The standard InChI is InChI=1S/C14H14N2O4/c1-20-9-12(14(18)19)16-13(17)6-5-10-3-2-4-11(7-10)8-15/h2-7,12H,9H2,1H3,(H,16,17)(H,18,19)/b6-5+. The van der Waals surface area contributed by atoms with Crippen LogP contribution in [0, 0.1) is 11.3 Å². The lowest BCUT2D eigenvalue weighted by Crippen LogP contribution is -2.43. The van der Waals surface area contributed by atoms with Gasteiger partial charge in [-0.15, -0.1) is 0 Å². The zero-order valence-electron chi connectivity index (χ0n) is 10.9. The second-order valence-electron chi connectivity index (χ2n) is 3.93. The van der Waals surface area contributed by atoms with Crippen LogP contribution in [0.4, 0.5) is 0 Å². The van der Waals surface area contributed by atoms with E-state index < -0.39 is 17.9 Å². The molecule has 6 heteroatoms. The lowest BCUT2D eigenvalue weighted by molar-refractivity contribution is -0.142. The Bertz CT molecular complexity index is 561. The molecule has 6 nitrogen and oxygen atoms in total. The quantitative estimate of drug-likeness (QED) is 0.747. The van der Waals surface area contributed by atoms with Gasteiger partial charge in [-0.25, -0.2) is 4.79 Å². The third-order valence-electron chi connectivity index (χ3n) is 2.39. The molecule has 0 aliphatic rings. The minimum atomic E-state index is -1.17. The van der Waals surface area contributed by atoms with Gasteiger partial charge in [0.1, 0.15) is 0 Å². The highest BCUT2D eigenvalue weighted by molar-refractivity contribution is 5.94. The molecule has 104 valence electrons. The maximum atomic E-state index is 11.6. The summed E-state index contributed by atoms with van der Waals surface area (Å²) in [6, 6.07) is 7.59. The van der Waals surface area contributed by atoms with E-state index in [0.29, 0.717) is 11.1 Å². The molecule has 0 aliphatic carbocycles. The first-order valence-electron chi connectivity index (χ1n) is 5.77. The molecule has 0 radical (unpaired) electrons. The van der Waals surface area contributed by atoms with Crippen LogP contribution in [-0.2, 0) is 14.3 Å². The molecule has 2 N–H and O–H groups in total. The van der Waals surface area contributed by atoms with Crippen LogP contribution < -0.4 is 5.32 Å². The lowest BCUT2D eigenvalue weighted by atomic mass is 10.1. The molecule has 1 rings (SSSR count). The van der Waals surface area contributed by atoms with Gasteiger partial charge >= 0.3 is 5.97 Å². The first-order valence-corrected chi connectivity index (χ1v) is 5.77. The number of rotatable bonds is 6. The maximum Gasteiger partial charge on any atom is 0.328 e. The molecule has 0 bridgehead atoms. The molecule has 1 atom stereocenters. The monoisotopic (exact) mass is 274 g/mol. The van der Waals surface area contributed by atoms with E-state index in [9.17, 15) is 9.59 Å². The van der Waals surface area contributed by atoms with Gasteiger partial charge in [-0.1, -0.05) is 12.1 Å². The van der Waals surface area contributed by atoms with Crippen molar-refractivity contribution in [3.05, 3.63) is 41.5 Å². The van der Waals surface area contributed by atoms with Crippen molar-refractivity contribution in [1.29, 1.82) is 5.26 Å². The predicted molar refractivity (Wildman–Crippen MR) is 71.6 cm³/mol. The Morgan fingerprint density at radius 1 is 1.55 bits per heavy atom. The second-order valence-corrected chi connectivity index (χ2v) is 3.93. The molecular weight excluding hydrogens is 260 g/mol. The molecule has 1 aromatic carbocycles. The Labute approximate surface area is 116 Å². The Hall–Kier alpha value is -2.65. The van der Waals surface area contributed by atoms with Gasteiger partial charge in [0.2, 0.25) is 5.91 Å². The number of carbonyl (C=O) groups is 2. The van der Waals surface area contributed by atoms with Gasteiger partial charge < -0.3 is 15.2 Å². The van der Waals surface area contributed by atoms with Gasteiger partial charge in [0, 0.05) is 13.2 Å². The largest absolute Gasteiger partial charge is 0.480 e. The summed E-state index contributed by atoms with van der Waals surface area (Å²) in [6.07, 6.45) is 2.71. The van der Waals surface area contributed by atoms with Crippen LogP contribution in [0.5, 0.6) is 0 Å². The fourth-order valence-corrected chi connectivity index (χ4v) is 1.44. The fraction of sp³-hybridized carbons (Fsp3) is 0.214. The number of benzene rings is 1. The number of carboxylic acids is 1. The van der Waals surface area contributed by atoms with Crippen LogP contribution in [-0.4, -0.2) is 36.7 Å². The molecule has 1 unspecified atom stereocenters. The van der Waals surface area contributed by atoms with Crippen LogP contribution in [0.15, 0.2) is 30.3 Å². The third kappa shape index (κ3) is 4.92. The van der Waals surface area contributed by atoms with Gasteiger partial charge in [-0.05, 0) is 23.8 Å². The highest BCUT2D eigenvalue weighted by Crippen LogP contribution is 2.05. The maximum absolute atomic E-state index is 11.6. The number of hydrogen-bond acceptors (Lipinski definition) is 4. The van der Waals surface area contributed by atoms with Gasteiger partial charge in [0.15, 0.2) is 6.04 Å². The number of amides is 1. The number of methoxy groups -OCH3 is 1. The zero-order valence-corrected chi connectivity index (χ0v) is 10.9. The lowest BCUT2D eigenvalue weighted by Gasteiger charge is -2.11. The summed E-state index contributed by atoms with van der Waals surface area (Å²) in [6.45, 7) is -0.112. The smallest absolute Gasteiger partial charge is 0.328 e. The minimum absolute atomic E-state index is 0.112. The summed E-state index contributed by atoms with van der Waals surface area (Å²) in [5.41, 5.74) is 1.16. The highest BCUT2D eigenvalue weighted by Gasteiger charge is 2.18. The second kappa shape index (κ2) is 7.71. The van der Waals surface area contributed by atoms with E-state index in [1.807, 2.05) is 6.07 Å². The van der Waals surface area contributed by atoms with Gasteiger partial charge in [-0.2, -0.15) is 5.26 Å². The van der Waals surface area contributed by atoms with Crippen molar-refractivity contribution >= 4 is 18.0 Å².